The lowest BCUT2D eigenvalue weighted by atomic mass is 10.4. The first-order valence-corrected chi connectivity index (χ1v) is 6.25. The minimum Gasteiger partial charge on any atom is -0.400 e. The first-order chi connectivity index (χ1) is 10.4. The van der Waals surface area contributed by atoms with Crippen LogP contribution in [0.2, 0.25) is 0 Å². The fourth-order valence-electron chi connectivity index (χ4n) is 1.43. The number of hydrogen-bond acceptors (Lipinski definition) is 10. The predicted octanol–water partition coefficient (Wildman–Crippen LogP) is 1.22. The lowest BCUT2D eigenvalue weighted by Gasteiger charge is -2.08. The molecule has 11 heteroatoms. The summed E-state index contributed by atoms with van der Waals surface area (Å²) in [4.78, 5) is 21.7. The van der Waals surface area contributed by atoms with Gasteiger partial charge >= 0.3 is 5.88 Å². The third-order valence-corrected chi connectivity index (χ3v) is 2.22. The molecule has 0 aliphatic heterocycles. The van der Waals surface area contributed by atoms with Gasteiger partial charge in [-0.3, -0.25) is 10.1 Å². The van der Waals surface area contributed by atoms with Crippen LogP contribution in [0, 0.1) is 10.1 Å². The van der Waals surface area contributed by atoms with E-state index in [1.54, 1.807) is 0 Å². The van der Waals surface area contributed by atoms with Gasteiger partial charge in [0.2, 0.25) is 17.8 Å². The molecule has 2 rings (SSSR count). The van der Waals surface area contributed by atoms with Crippen LogP contribution in [0.3, 0.4) is 0 Å². The minimum absolute atomic E-state index is 0.0319. The average molecular weight is 306 g/mol. The Balaban J connectivity index is 2.05. The van der Waals surface area contributed by atoms with Gasteiger partial charge in [-0.15, -0.1) is 0 Å². The van der Waals surface area contributed by atoms with Crippen molar-refractivity contribution in [3.05, 3.63) is 28.0 Å². The summed E-state index contributed by atoms with van der Waals surface area (Å²) in [5.41, 5.74) is 8.11. The zero-order valence-corrected chi connectivity index (χ0v) is 11.8. The van der Waals surface area contributed by atoms with Crippen molar-refractivity contribution in [2.75, 3.05) is 16.5 Å². The van der Waals surface area contributed by atoms with Gasteiger partial charge in [0.05, 0.1) is 12.3 Å². The summed E-state index contributed by atoms with van der Waals surface area (Å²) in [5.74, 6) is 0.322. The van der Waals surface area contributed by atoms with Crippen molar-refractivity contribution < 1.29 is 9.34 Å². The number of nitrogens with zero attached hydrogens (tertiary/aromatic N) is 5. The van der Waals surface area contributed by atoms with Crippen molar-refractivity contribution in [2.45, 2.75) is 19.9 Å². The van der Waals surface area contributed by atoms with Crippen molar-refractivity contribution in [3.8, 4) is 0 Å². The highest BCUT2D eigenvalue weighted by Gasteiger charge is 2.10. The standard InChI is InChI=1S/C11H14N8O3/c1-6(2)14-10-15-9(12)16-11(17-10)18-13-5-7-3-4-8(22-7)19(20)21/h3-6H,1-2H3,(H4,12,14,15,16,17,18)/b13-5+. The van der Waals surface area contributed by atoms with Gasteiger partial charge in [-0.25, -0.2) is 5.43 Å². The van der Waals surface area contributed by atoms with Gasteiger partial charge in [-0.1, -0.05) is 0 Å². The van der Waals surface area contributed by atoms with E-state index < -0.39 is 4.92 Å². The second kappa shape index (κ2) is 6.47. The number of aromatic nitrogens is 3. The summed E-state index contributed by atoms with van der Waals surface area (Å²) in [6.45, 7) is 3.85. The van der Waals surface area contributed by atoms with Crippen LogP contribution < -0.4 is 16.5 Å². The maximum Gasteiger partial charge on any atom is 0.433 e. The van der Waals surface area contributed by atoms with Gasteiger partial charge in [0.15, 0.2) is 5.76 Å². The molecule has 0 spiro atoms. The molecule has 11 nitrogen and oxygen atoms in total. The molecule has 0 saturated heterocycles. The molecular weight excluding hydrogens is 292 g/mol. The second-order valence-electron chi connectivity index (χ2n) is 4.44. The summed E-state index contributed by atoms with van der Waals surface area (Å²) in [7, 11) is 0. The van der Waals surface area contributed by atoms with E-state index in [0.29, 0.717) is 5.95 Å². The first kappa shape index (κ1) is 15.2. The highest BCUT2D eigenvalue weighted by atomic mass is 16.6. The molecule has 2 heterocycles. The van der Waals surface area contributed by atoms with Crippen LogP contribution in [0.5, 0.6) is 0 Å². The van der Waals surface area contributed by atoms with Crippen molar-refractivity contribution in [1.29, 1.82) is 0 Å². The fraction of sp³-hybridized carbons (Fsp3) is 0.273. The molecule has 22 heavy (non-hydrogen) atoms. The van der Waals surface area contributed by atoms with Gasteiger partial charge in [-0.05, 0) is 19.9 Å². The SMILES string of the molecule is CC(C)Nc1nc(N)nc(N/N=C/c2ccc([N+](=O)[O-])o2)n1. The molecule has 2 aromatic heterocycles. The molecule has 0 atom stereocenters. The lowest BCUT2D eigenvalue weighted by molar-refractivity contribution is -0.402. The third-order valence-electron chi connectivity index (χ3n) is 2.22. The highest BCUT2D eigenvalue weighted by Crippen LogP contribution is 2.14. The van der Waals surface area contributed by atoms with Gasteiger partial charge in [0.25, 0.3) is 0 Å². The Kier molecular flexibility index (Phi) is 4.46. The predicted molar refractivity (Wildman–Crippen MR) is 79.6 cm³/mol. The van der Waals surface area contributed by atoms with Crippen molar-refractivity contribution in [2.24, 2.45) is 5.10 Å². The average Bonchev–Trinajstić information content (AvgIpc) is 2.86. The number of nitro groups is 1. The molecule has 116 valence electrons. The molecule has 0 bridgehead atoms. The number of hydrogen-bond donors (Lipinski definition) is 3. The van der Waals surface area contributed by atoms with E-state index in [2.05, 4.69) is 30.8 Å². The van der Waals surface area contributed by atoms with Crippen LogP contribution in [0.1, 0.15) is 19.6 Å². The van der Waals surface area contributed by atoms with E-state index >= 15 is 0 Å². The Bertz CT molecular complexity index is 696. The molecule has 4 N–H and O–H groups in total. The Morgan fingerprint density at radius 3 is 2.73 bits per heavy atom. The van der Waals surface area contributed by atoms with Crippen LogP contribution in [0.15, 0.2) is 21.7 Å². The van der Waals surface area contributed by atoms with E-state index in [-0.39, 0.29) is 29.6 Å². The van der Waals surface area contributed by atoms with E-state index in [0.717, 1.165) is 0 Å². The molecule has 0 radical (unpaired) electrons. The summed E-state index contributed by atoms with van der Waals surface area (Å²) >= 11 is 0. The molecule has 0 unspecified atom stereocenters. The van der Waals surface area contributed by atoms with Gasteiger partial charge in [0, 0.05) is 6.04 Å². The Labute approximate surface area is 124 Å². The number of hydrazone groups is 1. The summed E-state index contributed by atoms with van der Waals surface area (Å²) in [6, 6.07) is 2.77. The van der Waals surface area contributed by atoms with Gasteiger partial charge in [-0.2, -0.15) is 20.1 Å². The topological polar surface area (TPSA) is 157 Å². The number of nitrogens with one attached hydrogen (secondary N) is 2. The van der Waals surface area contributed by atoms with E-state index in [4.69, 9.17) is 10.2 Å². The fourth-order valence-corrected chi connectivity index (χ4v) is 1.43. The minimum atomic E-state index is -0.638. The quantitative estimate of drug-likeness (QED) is 0.405. The summed E-state index contributed by atoms with van der Waals surface area (Å²) in [6.07, 6.45) is 1.25. The number of nitrogen functional groups attached to an aromatic ring is 1. The van der Waals surface area contributed by atoms with Crippen LogP contribution in [-0.2, 0) is 0 Å². The van der Waals surface area contributed by atoms with Crippen LogP contribution in [0.25, 0.3) is 0 Å². The number of furan rings is 1. The van der Waals surface area contributed by atoms with Crippen LogP contribution >= 0.6 is 0 Å². The Hall–Kier alpha value is -3.24. The molecule has 0 aliphatic carbocycles. The second-order valence-corrected chi connectivity index (χ2v) is 4.44. The van der Waals surface area contributed by atoms with Crippen molar-refractivity contribution in [1.82, 2.24) is 15.0 Å². The normalized spacial score (nSPS) is 11.0. The third kappa shape index (κ3) is 4.13. The molecule has 0 fully saturated rings. The van der Waals surface area contributed by atoms with Gasteiger partial charge in [0.1, 0.15) is 4.92 Å². The summed E-state index contributed by atoms with van der Waals surface area (Å²) in [5, 5.41) is 17.3. The zero-order chi connectivity index (χ0) is 16.1. The number of anilines is 3. The lowest BCUT2D eigenvalue weighted by Crippen LogP contribution is -2.15. The smallest absolute Gasteiger partial charge is 0.400 e. The van der Waals surface area contributed by atoms with E-state index in [1.165, 1.54) is 18.3 Å². The maximum atomic E-state index is 10.5. The van der Waals surface area contributed by atoms with E-state index in [9.17, 15) is 10.1 Å². The van der Waals surface area contributed by atoms with E-state index in [1.807, 2.05) is 13.8 Å². The zero-order valence-electron chi connectivity index (χ0n) is 11.8. The molecule has 2 aromatic rings. The van der Waals surface area contributed by atoms with Crippen LogP contribution in [-0.4, -0.2) is 32.1 Å². The largest absolute Gasteiger partial charge is 0.433 e. The van der Waals surface area contributed by atoms with Crippen molar-refractivity contribution >= 4 is 29.9 Å². The molecule has 0 aliphatic rings. The molecule has 0 saturated carbocycles. The van der Waals surface area contributed by atoms with Gasteiger partial charge < -0.3 is 15.5 Å². The Morgan fingerprint density at radius 2 is 2.09 bits per heavy atom. The maximum absolute atomic E-state index is 10.5. The van der Waals surface area contributed by atoms with Crippen molar-refractivity contribution in [3.63, 3.8) is 0 Å². The van der Waals surface area contributed by atoms with Crippen LogP contribution in [0.4, 0.5) is 23.7 Å². The molecule has 0 amide bonds. The highest BCUT2D eigenvalue weighted by molar-refractivity contribution is 5.76. The number of nitrogens with two attached hydrogens (primary N) is 1. The molecular formula is C11H14N8O3. The first-order valence-electron chi connectivity index (χ1n) is 6.25. The molecule has 0 aromatic carbocycles. The monoisotopic (exact) mass is 306 g/mol. The number of rotatable bonds is 6. The Morgan fingerprint density at radius 1 is 1.36 bits per heavy atom. The summed E-state index contributed by atoms with van der Waals surface area (Å²) < 4.78 is 4.90.